The van der Waals surface area contributed by atoms with E-state index in [1.165, 1.54) is 0 Å². The van der Waals surface area contributed by atoms with E-state index in [2.05, 4.69) is 26.1 Å². The minimum absolute atomic E-state index is 0.0165. The monoisotopic (exact) mass is 369 g/mol. The summed E-state index contributed by atoms with van der Waals surface area (Å²) in [5, 5.41) is 12.0. The van der Waals surface area contributed by atoms with Crippen LogP contribution >= 0.6 is 0 Å². The minimum atomic E-state index is -0.975. The van der Waals surface area contributed by atoms with Crippen LogP contribution in [0.2, 0.25) is 0 Å². The number of carboxylic acids is 1. The Labute approximate surface area is 160 Å². The van der Waals surface area contributed by atoms with Gasteiger partial charge in [-0.3, -0.25) is 4.79 Å². The third kappa shape index (κ3) is 6.13. The molecule has 0 spiro atoms. The number of carbonyl (C=O) groups excluding carboxylic acids is 1. The average Bonchev–Trinajstić information content (AvgIpc) is 2.63. The summed E-state index contributed by atoms with van der Waals surface area (Å²) in [6, 6.07) is 14.7. The Morgan fingerprint density at radius 3 is 2.41 bits per heavy atom. The number of rotatable bonds is 8. The zero-order chi connectivity index (χ0) is 19.9. The molecule has 0 aliphatic carbocycles. The van der Waals surface area contributed by atoms with Crippen molar-refractivity contribution in [3.8, 4) is 5.75 Å². The predicted molar refractivity (Wildman–Crippen MR) is 105 cm³/mol. The predicted octanol–water partition coefficient (Wildman–Crippen LogP) is 3.81. The lowest BCUT2D eigenvalue weighted by molar-refractivity contribution is -0.121. The largest absolute Gasteiger partial charge is 0.491 e. The molecular weight excluding hydrogens is 342 g/mol. The Kier molecular flexibility index (Phi) is 6.99. The van der Waals surface area contributed by atoms with E-state index in [0.29, 0.717) is 25.1 Å². The average molecular weight is 369 g/mol. The number of para-hydroxylation sites is 1. The Balaban J connectivity index is 1.79. The topological polar surface area (TPSA) is 75.6 Å². The highest BCUT2D eigenvalue weighted by Crippen LogP contribution is 2.30. The van der Waals surface area contributed by atoms with Gasteiger partial charge in [0.2, 0.25) is 5.91 Å². The van der Waals surface area contributed by atoms with Crippen molar-refractivity contribution >= 4 is 11.9 Å². The van der Waals surface area contributed by atoms with Gasteiger partial charge in [-0.2, -0.15) is 0 Å². The van der Waals surface area contributed by atoms with Crippen LogP contribution in [0.1, 0.15) is 48.7 Å². The molecule has 27 heavy (non-hydrogen) atoms. The third-order valence-electron chi connectivity index (χ3n) is 4.25. The molecule has 0 aliphatic rings. The van der Waals surface area contributed by atoms with Crippen LogP contribution in [0.15, 0.2) is 48.5 Å². The maximum Gasteiger partial charge on any atom is 0.335 e. The van der Waals surface area contributed by atoms with Crippen LogP contribution < -0.4 is 10.1 Å². The summed E-state index contributed by atoms with van der Waals surface area (Å²) in [5.74, 6) is -0.269. The van der Waals surface area contributed by atoms with E-state index in [0.717, 1.165) is 11.3 Å². The van der Waals surface area contributed by atoms with E-state index in [-0.39, 0.29) is 23.3 Å². The molecular formula is C22H27NO4. The van der Waals surface area contributed by atoms with E-state index in [1.807, 2.05) is 24.3 Å². The Bertz CT molecular complexity index is 793. The Morgan fingerprint density at radius 1 is 1.04 bits per heavy atom. The fourth-order valence-electron chi connectivity index (χ4n) is 2.85. The molecule has 5 nitrogen and oxygen atoms in total. The fourth-order valence-corrected chi connectivity index (χ4v) is 2.85. The van der Waals surface area contributed by atoms with Crippen LogP contribution in [0.25, 0.3) is 0 Å². The van der Waals surface area contributed by atoms with Gasteiger partial charge in [0.05, 0.1) is 12.1 Å². The molecule has 0 aliphatic heterocycles. The van der Waals surface area contributed by atoms with Gasteiger partial charge in [0.1, 0.15) is 12.4 Å². The molecule has 0 bridgehead atoms. The number of carboxylic acid groups (broad SMARTS) is 1. The lowest BCUT2D eigenvalue weighted by atomic mass is 9.86. The number of aromatic carboxylic acids is 1. The lowest BCUT2D eigenvalue weighted by Gasteiger charge is -2.22. The fraction of sp³-hybridized carbons (Fsp3) is 0.364. The molecule has 0 fully saturated rings. The van der Waals surface area contributed by atoms with E-state index in [9.17, 15) is 14.7 Å². The van der Waals surface area contributed by atoms with Gasteiger partial charge >= 0.3 is 5.97 Å². The van der Waals surface area contributed by atoms with Crippen LogP contribution in [0.4, 0.5) is 0 Å². The second-order valence-corrected chi connectivity index (χ2v) is 7.41. The normalized spacial score (nSPS) is 11.1. The molecule has 2 aromatic carbocycles. The van der Waals surface area contributed by atoms with Crippen molar-refractivity contribution in [1.82, 2.24) is 5.32 Å². The minimum Gasteiger partial charge on any atom is -0.491 e. The lowest BCUT2D eigenvalue weighted by Crippen LogP contribution is -2.28. The molecule has 2 N–H and O–H groups in total. The van der Waals surface area contributed by atoms with Gasteiger partial charge in [-0.1, -0.05) is 57.2 Å². The first-order valence-corrected chi connectivity index (χ1v) is 9.09. The zero-order valence-corrected chi connectivity index (χ0v) is 16.1. The molecule has 144 valence electrons. The summed E-state index contributed by atoms with van der Waals surface area (Å²) in [6.45, 7) is 7.17. The second-order valence-electron chi connectivity index (χ2n) is 7.41. The number of nitrogens with one attached hydrogen (secondary N) is 1. The van der Waals surface area contributed by atoms with Gasteiger partial charge in [-0.25, -0.2) is 4.79 Å². The molecule has 0 radical (unpaired) electrons. The van der Waals surface area contributed by atoms with Crippen molar-refractivity contribution in [2.24, 2.45) is 0 Å². The Hall–Kier alpha value is -2.82. The van der Waals surface area contributed by atoms with Gasteiger partial charge in [0, 0.05) is 6.42 Å². The Morgan fingerprint density at radius 2 is 1.70 bits per heavy atom. The third-order valence-corrected chi connectivity index (χ3v) is 4.25. The van der Waals surface area contributed by atoms with Crippen molar-refractivity contribution in [2.75, 3.05) is 13.2 Å². The van der Waals surface area contributed by atoms with Gasteiger partial charge in [-0.15, -0.1) is 0 Å². The van der Waals surface area contributed by atoms with Gasteiger partial charge in [0.15, 0.2) is 0 Å². The van der Waals surface area contributed by atoms with E-state index >= 15 is 0 Å². The maximum absolute atomic E-state index is 12.0. The summed E-state index contributed by atoms with van der Waals surface area (Å²) in [6.07, 6.45) is 0.630. The van der Waals surface area contributed by atoms with Crippen molar-refractivity contribution in [3.63, 3.8) is 0 Å². The summed E-state index contributed by atoms with van der Waals surface area (Å²) < 4.78 is 5.83. The first-order chi connectivity index (χ1) is 12.8. The van der Waals surface area contributed by atoms with Crippen LogP contribution in [0, 0.1) is 0 Å². The maximum atomic E-state index is 12.0. The highest BCUT2D eigenvalue weighted by Gasteiger charge is 2.18. The van der Waals surface area contributed by atoms with Gasteiger partial charge < -0.3 is 15.2 Å². The SMILES string of the molecule is CC(C)(C)c1ccccc1OCCNC(=O)CCc1ccccc1C(=O)O. The van der Waals surface area contributed by atoms with Gasteiger partial charge in [0.25, 0.3) is 0 Å². The van der Waals surface area contributed by atoms with Crippen LogP contribution in [0.3, 0.4) is 0 Å². The number of hydrogen-bond acceptors (Lipinski definition) is 3. The van der Waals surface area contributed by atoms with Crippen LogP contribution in [-0.2, 0) is 16.6 Å². The highest BCUT2D eigenvalue weighted by molar-refractivity contribution is 5.89. The first kappa shape index (κ1) is 20.5. The second kappa shape index (κ2) is 9.21. The van der Waals surface area contributed by atoms with Crippen molar-refractivity contribution in [2.45, 2.75) is 39.0 Å². The molecule has 2 rings (SSSR count). The molecule has 0 saturated carbocycles. The molecule has 0 unspecified atom stereocenters. The number of hydrogen-bond donors (Lipinski definition) is 2. The van der Waals surface area contributed by atoms with Crippen LogP contribution in [0.5, 0.6) is 5.75 Å². The molecule has 0 aromatic heterocycles. The van der Waals surface area contributed by atoms with E-state index < -0.39 is 5.97 Å². The number of ether oxygens (including phenoxy) is 1. The van der Waals surface area contributed by atoms with Crippen LogP contribution in [-0.4, -0.2) is 30.1 Å². The van der Waals surface area contributed by atoms with Crippen molar-refractivity contribution in [1.29, 1.82) is 0 Å². The molecule has 0 atom stereocenters. The first-order valence-electron chi connectivity index (χ1n) is 9.09. The summed E-state index contributed by atoms with van der Waals surface area (Å²) in [5.41, 5.74) is 2.02. The number of benzene rings is 2. The standard InChI is InChI=1S/C22H27NO4/c1-22(2,3)18-10-6-7-11-19(18)27-15-14-23-20(24)13-12-16-8-4-5-9-17(16)21(25)26/h4-11H,12-15H2,1-3H3,(H,23,24)(H,25,26). The molecule has 1 amide bonds. The van der Waals surface area contributed by atoms with E-state index in [1.54, 1.807) is 24.3 Å². The number of amides is 1. The van der Waals surface area contributed by atoms with Gasteiger partial charge in [-0.05, 0) is 35.1 Å². The summed E-state index contributed by atoms with van der Waals surface area (Å²) in [7, 11) is 0. The zero-order valence-electron chi connectivity index (χ0n) is 16.1. The van der Waals surface area contributed by atoms with E-state index in [4.69, 9.17) is 4.74 Å². The summed E-state index contributed by atoms with van der Waals surface area (Å²) in [4.78, 5) is 23.2. The molecule has 0 heterocycles. The molecule has 2 aromatic rings. The number of aryl methyl sites for hydroxylation is 1. The van der Waals surface area contributed by atoms with Crippen molar-refractivity contribution in [3.05, 3.63) is 65.2 Å². The molecule has 0 saturated heterocycles. The summed E-state index contributed by atoms with van der Waals surface area (Å²) >= 11 is 0. The van der Waals surface area contributed by atoms with Crippen molar-refractivity contribution < 1.29 is 19.4 Å². The highest BCUT2D eigenvalue weighted by atomic mass is 16.5. The molecule has 5 heteroatoms. The quantitative estimate of drug-likeness (QED) is 0.694. The number of carbonyl (C=O) groups is 2. The smallest absolute Gasteiger partial charge is 0.335 e.